The van der Waals surface area contributed by atoms with E-state index >= 15 is 0 Å². The highest BCUT2D eigenvalue weighted by atomic mass is 16.2. The van der Waals surface area contributed by atoms with Gasteiger partial charge in [-0.1, -0.05) is 6.42 Å². The summed E-state index contributed by atoms with van der Waals surface area (Å²) in [6, 6.07) is -0.140. The van der Waals surface area contributed by atoms with Crippen molar-refractivity contribution < 1.29 is 9.59 Å². The summed E-state index contributed by atoms with van der Waals surface area (Å²) in [5.41, 5.74) is 5.15. The normalized spacial score (nSPS) is 20.8. The summed E-state index contributed by atoms with van der Waals surface area (Å²) in [5, 5.41) is 3.18. The Morgan fingerprint density at radius 2 is 2.12 bits per heavy atom. The number of hydrogen-bond acceptors (Lipinski definition) is 3. The van der Waals surface area contributed by atoms with Crippen molar-refractivity contribution in [1.82, 2.24) is 10.2 Å². The summed E-state index contributed by atoms with van der Waals surface area (Å²) in [7, 11) is 0. The van der Waals surface area contributed by atoms with Crippen molar-refractivity contribution in [2.45, 2.75) is 45.2 Å². The fourth-order valence-corrected chi connectivity index (χ4v) is 1.95. The fourth-order valence-electron chi connectivity index (χ4n) is 1.95. The van der Waals surface area contributed by atoms with Crippen LogP contribution in [0, 0.1) is 0 Å². The topological polar surface area (TPSA) is 75.4 Å². The molecule has 0 aromatic rings. The molecule has 0 aromatic heterocycles. The van der Waals surface area contributed by atoms with E-state index in [9.17, 15) is 9.59 Å². The number of carbonyl (C=O) groups excluding carboxylic acids is 2. The van der Waals surface area contributed by atoms with Gasteiger partial charge < -0.3 is 16.0 Å². The van der Waals surface area contributed by atoms with E-state index in [1.54, 1.807) is 4.90 Å². The summed E-state index contributed by atoms with van der Waals surface area (Å²) < 4.78 is 0. The molecule has 1 rings (SSSR count). The van der Waals surface area contributed by atoms with Crippen molar-refractivity contribution in [3.05, 3.63) is 0 Å². The molecule has 0 bridgehead atoms. The van der Waals surface area contributed by atoms with Crippen LogP contribution in [0.3, 0.4) is 0 Å². The van der Waals surface area contributed by atoms with E-state index in [1.165, 1.54) is 0 Å². The zero-order valence-corrected chi connectivity index (χ0v) is 10.0. The van der Waals surface area contributed by atoms with Gasteiger partial charge in [-0.2, -0.15) is 0 Å². The Morgan fingerprint density at radius 1 is 1.44 bits per heavy atom. The fraction of sp³-hybridized carbons (Fsp3) is 0.818. The van der Waals surface area contributed by atoms with Gasteiger partial charge in [-0.15, -0.1) is 0 Å². The van der Waals surface area contributed by atoms with Crippen LogP contribution in [0.25, 0.3) is 0 Å². The molecule has 1 heterocycles. The molecule has 2 amide bonds. The summed E-state index contributed by atoms with van der Waals surface area (Å²) in [5.74, 6) is -0.466. The quantitative estimate of drug-likeness (QED) is 0.701. The van der Waals surface area contributed by atoms with Crippen molar-refractivity contribution in [2.24, 2.45) is 5.73 Å². The molecule has 0 saturated carbocycles. The number of carbonyl (C=O) groups is 2. The number of nitrogens with one attached hydrogen (secondary N) is 1. The third kappa shape index (κ3) is 3.48. The number of piperidine rings is 1. The molecule has 3 N–H and O–H groups in total. The molecule has 16 heavy (non-hydrogen) atoms. The van der Waals surface area contributed by atoms with Gasteiger partial charge in [0.25, 0.3) is 0 Å². The SMILES string of the molecule is CC(C)N(CC(N)=O)C(=O)[C@H]1CCCCN1. The summed E-state index contributed by atoms with van der Waals surface area (Å²) >= 11 is 0. The van der Waals surface area contributed by atoms with Crippen molar-refractivity contribution in [3.63, 3.8) is 0 Å². The monoisotopic (exact) mass is 227 g/mol. The molecule has 0 radical (unpaired) electrons. The molecule has 1 saturated heterocycles. The van der Waals surface area contributed by atoms with Crippen molar-refractivity contribution in [3.8, 4) is 0 Å². The van der Waals surface area contributed by atoms with Crippen LogP contribution in [0.15, 0.2) is 0 Å². The van der Waals surface area contributed by atoms with Crippen LogP contribution in [0.2, 0.25) is 0 Å². The second kappa shape index (κ2) is 5.84. The molecule has 1 aliphatic heterocycles. The van der Waals surface area contributed by atoms with Crippen LogP contribution in [-0.4, -0.2) is 41.9 Å². The van der Waals surface area contributed by atoms with Gasteiger partial charge in [0.15, 0.2) is 0 Å². The lowest BCUT2D eigenvalue weighted by molar-refractivity contribution is -0.139. The molecule has 92 valence electrons. The number of hydrogen-bond donors (Lipinski definition) is 2. The van der Waals surface area contributed by atoms with E-state index < -0.39 is 5.91 Å². The summed E-state index contributed by atoms with van der Waals surface area (Å²) in [4.78, 5) is 24.6. The molecule has 1 atom stereocenters. The molecule has 0 aromatic carbocycles. The first-order chi connectivity index (χ1) is 7.52. The minimum absolute atomic E-state index is 0.00345. The minimum Gasteiger partial charge on any atom is -0.368 e. The van der Waals surface area contributed by atoms with E-state index in [0.29, 0.717) is 0 Å². The minimum atomic E-state index is -0.460. The van der Waals surface area contributed by atoms with Gasteiger partial charge in [0.1, 0.15) is 0 Å². The van der Waals surface area contributed by atoms with Crippen LogP contribution in [-0.2, 0) is 9.59 Å². The predicted molar refractivity (Wildman–Crippen MR) is 61.7 cm³/mol. The van der Waals surface area contributed by atoms with Gasteiger partial charge in [0, 0.05) is 6.04 Å². The zero-order valence-electron chi connectivity index (χ0n) is 10.0. The van der Waals surface area contributed by atoms with Gasteiger partial charge in [-0.3, -0.25) is 9.59 Å². The van der Waals surface area contributed by atoms with Crippen LogP contribution < -0.4 is 11.1 Å². The molecule has 1 aliphatic rings. The van der Waals surface area contributed by atoms with Crippen molar-refractivity contribution >= 4 is 11.8 Å². The number of amides is 2. The second-order valence-corrected chi connectivity index (χ2v) is 4.53. The van der Waals surface area contributed by atoms with E-state index in [4.69, 9.17) is 5.73 Å². The van der Waals surface area contributed by atoms with Gasteiger partial charge in [-0.05, 0) is 33.2 Å². The molecular weight excluding hydrogens is 206 g/mol. The first-order valence-corrected chi connectivity index (χ1v) is 5.84. The average Bonchev–Trinajstić information content (AvgIpc) is 2.25. The van der Waals surface area contributed by atoms with Gasteiger partial charge in [-0.25, -0.2) is 0 Å². The lowest BCUT2D eigenvalue weighted by Gasteiger charge is -2.31. The maximum absolute atomic E-state index is 12.1. The standard InChI is InChI=1S/C11H21N3O2/c1-8(2)14(7-10(12)15)11(16)9-5-3-4-6-13-9/h8-9,13H,3-7H2,1-2H3,(H2,12,15)/t9-/m1/s1. The first-order valence-electron chi connectivity index (χ1n) is 5.84. The highest BCUT2D eigenvalue weighted by molar-refractivity contribution is 5.87. The van der Waals surface area contributed by atoms with Crippen LogP contribution in [0.1, 0.15) is 33.1 Å². The summed E-state index contributed by atoms with van der Waals surface area (Å²) in [6.45, 7) is 4.67. The summed E-state index contributed by atoms with van der Waals surface area (Å²) in [6.07, 6.45) is 3.02. The molecule has 1 fully saturated rings. The molecule has 5 nitrogen and oxygen atoms in total. The predicted octanol–water partition coefficient (Wildman–Crippen LogP) is -0.149. The number of rotatable bonds is 4. The largest absolute Gasteiger partial charge is 0.368 e. The average molecular weight is 227 g/mol. The Hall–Kier alpha value is -1.10. The van der Waals surface area contributed by atoms with Gasteiger partial charge in [0.2, 0.25) is 11.8 Å². The lowest BCUT2D eigenvalue weighted by Crippen LogP contribution is -2.52. The van der Waals surface area contributed by atoms with Crippen molar-refractivity contribution in [1.29, 1.82) is 0 Å². The second-order valence-electron chi connectivity index (χ2n) is 4.53. The Labute approximate surface area is 96.4 Å². The van der Waals surface area contributed by atoms with Gasteiger partial charge in [0.05, 0.1) is 12.6 Å². The van der Waals surface area contributed by atoms with E-state index in [1.807, 2.05) is 13.8 Å². The lowest BCUT2D eigenvalue weighted by atomic mass is 10.0. The Bertz CT molecular complexity index is 260. The zero-order chi connectivity index (χ0) is 12.1. The Morgan fingerprint density at radius 3 is 2.56 bits per heavy atom. The maximum atomic E-state index is 12.1. The highest BCUT2D eigenvalue weighted by Crippen LogP contribution is 2.11. The number of primary amides is 1. The molecule has 0 aliphatic carbocycles. The Balaban J connectivity index is 2.61. The van der Waals surface area contributed by atoms with Crippen LogP contribution in [0.5, 0.6) is 0 Å². The van der Waals surface area contributed by atoms with Crippen LogP contribution >= 0.6 is 0 Å². The first kappa shape index (κ1) is 13.0. The van der Waals surface area contributed by atoms with E-state index in [-0.39, 0.29) is 24.5 Å². The third-order valence-electron chi connectivity index (χ3n) is 2.84. The highest BCUT2D eigenvalue weighted by Gasteiger charge is 2.27. The van der Waals surface area contributed by atoms with Crippen molar-refractivity contribution in [2.75, 3.05) is 13.1 Å². The maximum Gasteiger partial charge on any atom is 0.240 e. The number of nitrogens with zero attached hydrogens (tertiary/aromatic N) is 1. The third-order valence-corrected chi connectivity index (χ3v) is 2.84. The Kier molecular flexibility index (Phi) is 4.73. The molecule has 0 unspecified atom stereocenters. The van der Waals surface area contributed by atoms with E-state index in [2.05, 4.69) is 5.32 Å². The molecule has 0 spiro atoms. The molecule has 5 heteroatoms. The smallest absolute Gasteiger partial charge is 0.240 e. The van der Waals surface area contributed by atoms with Crippen LogP contribution in [0.4, 0.5) is 0 Å². The van der Waals surface area contributed by atoms with Gasteiger partial charge >= 0.3 is 0 Å². The van der Waals surface area contributed by atoms with E-state index in [0.717, 1.165) is 25.8 Å². The molecular formula is C11H21N3O2. The number of nitrogens with two attached hydrogens (primary N) is 1.